The van der Waals surface area contributed by atoms with Gasteiger partial charge in [0.25, 0.3) is 0 Å². The van der Waals surface area contributed by atoms with Gasteiger partial charge >= 0.3 is 0 Å². The predicted octanol–water partition coefficient (Wildman–Crippen LogP) is 6.33. The van der Waals surface area contributed by atoms with Gasteiger partial charge in [-0.1, -0.05) is 92.6 Å². The second-order valence-corrected chi connectivity index (χ2v) is 8.82. The average Bonchev–Trinajstić information content (AvgIpc) is 3.40. The van der Waals surface area contributed by atoms with E-state index in [0.29, 0.717) is 19.2 Å². The normalized spacial score (nSPS) is 15.8. The highest BCUT2D eigenvalue weighted by molar-refractivity contribution is 5.98. The second kappa shape index (κ2) is 11.8. The Kier molecular flexibility index (Phi) is 8.35. The zero-order chi connectivity index (χ0) is 22.9. The third-order valence-corrected chi connectivity index (χ3v) is 6.42. The quantitative estimate of drug-likeness (QED) is 0.361. The summed E-state index contributed by atoms with van der Waals surface area (Å²) in [5.74, 6) is 0.781. The maximum atomic E-state index is 10.3. The molecule has 1 unspecified atom stereocenters. The molecule has 4 rings (SSSR count). The number of benzene rings is 3. The maximum absolute atomic E-state index is 10.3. The van der Waals surface area contributed by atoms with Crippen LogP contribution < -0.4 is 10.1 Å². The van der Waals surface area contributed by atoms with Crippen molar-refractivity contribution in [3.05, 3.63) is 102 Å². The van der Waals surface area contributed by atoms with Crippen LogP contribution in [0, 0.1) is 0 Å². The van der Waals surface area contributed by atoms with Crippen molar-refractivity contribution in [2.75, 3.05) is 13.2 Å². The Morgan fingerprint density at radius 2 is 1.42 bits per heavy atom. The Hall–Kier alpha value is -2.88. The molecule has 0 spiro atoms. The van der Waals surface area contributed by atoms with E-state index >= 15 is 0 Å². The molecular weight excluding hydrogens is 406 g/mol. The first-order valence-corrected chi connectivity index (χ1v) is 12.2. The van der Waals surface area contributed by atoms with E-state index in [0.717, 1.165) is 17.7 Å². The largest absolute Gasteiger partial charge is 0.491 e. The molecule has 2 N–H and O–H groups in total. The Bertz CT molecular complexity index is 1010. The van der Waals surface area contributed by atoms with Crippen LogP contribution in [0.25, 0.3) is 11.1 Å². The molecule has 0 heterocycles. The molecule has 3 nitrogen and oxygen atoms in total. The number of rotatable bonds is 10. The fourth-order valence-corrected chi connectivity index (χ4v) is 4.69. The Morgan fingerprint density at radius 1 is 0.848 bits per heavy atom. The van der Waals surface area contributed by atoms with Crippen LogP contribution in [-0.4, -0.2) is 30.4 Å². The van der Waals surface area contributed by atoms with Crippen molar-refractivity contribution in [2.45, 2.75) is 51.2 Å². The third kappa shape index (κ3) is 6.34. The van der Waals surface area contributed by atoms with Crippen molar-refractivity contribution < 1.29 is 9.84 Å². The minimum atomic E-state index is -0.505. The first-order chi connectivity index (χ1) is 16.2. The van der Waals surface area contributed by atoms with E-state index in [4.69, 9.17) is 4.74 Å². The minimum absolute atomic E-state index is 0.296. The van der Waals surface area contributed by atoms with E-state index in [-0.39, 0.29) is 0 Å². The van der Waals surface area contributed by atoms with Gasteiger partial charge in [-0.3, -0.25) is 0 Å². The fraction of sp³-hybridized carbons (Fsp3) is 0.333. The first kappa shape index (κ1) is 23.3. The van der Waals surface area contributed by atoms with Crippen molar-refractivity contribution in [2.24, 2.45) is 0 Å². The van der Waals surface area contributed by atoms with Gasteiger partial charge < -0.3 is 15.2 Å². The summed E-state index contributed by atoms with van der Waals surface area (Å²) in [4.78, 5) is 0. The van der Waals surface area contributed by atoms with Gasteiger partial charge in [0.2, 0.25) is 0 Å². The van der Waals surface area contributed by atoms with Gasteiger partial charge in [0.15, 0.2) is 0 Å². The summed E-state index contributed by atoms with van der Waals surface area (Å²) in [5.41, 5.74) is 6.19. The van der Waals surface area contributed by atoms with Crippen LogP contribution in [0.4, 0.5) is 0 Å². The summed E-state index contributed by atoms with van der Waals surface area (Å²) < 4.78 is 5.89. The number of ether oxygens (including phenoxy) is 1. The zero-order valence-electron chi connectivity index (χ0n) is 19.5. The van der Waals surface area contributed by atoms with E-state index in [2.05, 4.69) is 85.0 Å². The monoisotopic (exact) mass is 441 g/mol. The predicted molar refractivity (Wildman–Crippen MR) is 137 cm³/mol. The molecule has 3 aromatic rings. The van der Waals surface area contributed by atoms with Crippen LogP contribution in [0.2, 0.25) is 0 Å². The molecule has 1 aliphatic rings. The molecule has 3 heteroatoms. The SMILES string of the molecule is CC/C(=C(\c1ccccc1)c1ccc(OCC(O)CNC2CCCC2)cc1)c1ccccc1. The lowest BCUT2D eigenvalue weighted by Gasteiger charge is -2.18. The highest BCUT2D eigenvalue weighted by Gasteiger charge is 2.16. The second-order valence-electron chi connectivity index (χ2n) is 8.82. The number of hydrogen-bond acceptors (Lipinski definition) is 3. The lowest BCUT2D eigenvalue weighted by Crippen LogP contribution is -2.36. The molecule has 33 heavy (non-hydrogen) atoms. The van der Waals surface area contributed by atoms with Crippen LogP contribution >= 0.6 is 0 Å². The Balaban J connectivity index is 1.50. The zero-order valence-corrected chi connectivity index (χ0v) is 19.5. The molecule has 1 fully saturated rings. The van der Waals surface area contributed by atoms with E-state index in [1.165, 1.54) is 48.0 Å². The third-order valence-electron chi connectivity index (χ3n) is 6.42. The number of hydrogen-bond donors (Lipinski definition) is 2. The highest BCUT2D eigenvalue weighted by atomic mass is 16.5. The van der Waals surface area contributed by atoms with Crippen LogP contribution in [0.3, 0.4) is 0 Å². The summed E-state index contributed by atoms with van der Waals surface area (Å²) in [6.07, 6.45) is 5.45. The Labute approximate surface area is 198 Å². The topological polar surface area (TPSA) is 41.5 Å². The summed E-state index contributed by atoms with van der Waals surface area (Å²) in [6.45, 7) is 3.09. The number of aliphatic hydroxyl groups is 1. The first-order valence-electron chi connectivity index (χ1n) is 12.2. The molecular formula is C30H35NO2. The molecule has 1 aliphatic carbocycles. The summed E-state index contributed by atoms with van der Waals surface area (Å²) in [7, 11) is 0. The van der Waals surface area contributed by atoms with E-state index in [1.54, 1.807) is 0 Å². The molecule has 0 aliphatic heterocycles. The molecule has 0 amide bonds. The van der Waals surface area contributed by atoms with E-state index in [1.807, 2.05) is 12.1 Å². The molecule has 0 saturated heterocycles. The summed E-state index contributed by atoms with van der Waals surface area (Å²) in [5, 5.41) is 13.8. The minimum Gasteiger partial charge on any atom is -0.491 e. The summed E-state index contributed by atoms with van der Waals surface area (Å²) in [6, 6.07) is 30.0. The molecule has 1 saturated carbocycles. The number of aliphatic hydroxyl groups excluding tert-OH is 1. The van der Waals surface area contributed by atoms with Gasteiger partial charge in [0, 0.05) is 12.6 Å². The standard InChI is InChI=1S/C30H35NO2/c1-2-29(23-11-5-3-6-12-23)30(24-13-7-4-8-14-24)25-17-19-28(20-18-25)33-22-27(32)21-31-26-15-9-10-16-26/h3-8,11-14,17-20,26-27,31-32H,2,9-10,15-16,21-22H2,1H3/b30-29-. The van der Waals surface area contributed by atoms with Crippen molar-refractivity contribution in [3.63, 3.8) is 0 Å². The molecule has 172 valence electrons. The van der Waals surface area contributed by atoms with Gasteiger partial charge in [-0.05, 0) is 59.2 Å². The van der Waals surface area contributed by atoms with Crippen LogP contribution in [0.15, 0.2) is 84.9 Å². The van der Waals surface area contributed by atoms with Crippen LogP contribution in [-0.2, 0) is 0 Å². The van der Waals surface area contributed by atoms with Gasteiger partial charge in [0.05, 0.1) is 0 Å². The van der Waals surface area contributed by atoms with Crippen LogP contribution in [0.1, 0.15) is 55.7 Å². The highest BCUT2D eigenvalue weighted by Crippen LogP contribution is 2.34. The van der Waals surface area contributed by atoms with Gasteiger partial charge in [0.1, 0.15) is 18.5 Å². The van der Waals surface area contributed by atoms with E-state index in [9.17, 15) is 5.11 Å². The molecule has 1 atom stereocenters. The average molecular weight is 442 g/mol. The van der Waals surface area contributed by atoms with Crippen molar-refractivity contribution in [1.29, 1.82) is 0 Å². The van der Waals surface area contributed by atoms with E-state index < -0.39 is 6.10 Å². The van der Waals surface area contributed by atoms with Crippen molar-refractivity contribution >= 4 is 11.1 Å². The van der Waals surface area contributed by atoms with Gasteiger partial charge in [-0.15, -0.1) is 0 Å². The van der Waals surface area contributed by atoms with Gasteiger partial charge in [-0.25, -0.2) is 0 Å². The van der Waals surface area contributed by atoms with Crippen LogP contribution in [0.5, 0.6) is 5.75 Å². The number of allylic oxidation sites excluding steroid dienone is 1. The molecule has 0 radical (unpaired) electrons. The van der Waals surface area contributed by atoms with Crippen molar-refractivity contribution in [1.82, 2.24) is 5.32 Å². The number of nitrogens with one attached hydrogen (secondary N) is 1. The molecule has 3 aromatic carbocycles. The molecule has 0 bridgehead atoms. The fourth-order valence-electron chi connectivity index (χ4n) is 4.69. The lowest BCUT2D eigenvalue weighted by molar-refractivity contribution is 0.104. The van der Waals surface area contributed by atoms with Crippen molar-refractivity contribution in [3.8, 4) is 5.75 Å². The van der Waals surface area contributed by atoms with Gasteiger partial charge in [-0.2, -0.15) is 0 Å². The maximum Gasteiger partial charge on any atom is 0.119 e. The Morgan fingerprint density at radius 3 is 2.03 bits per heavy atom. The molecule has 0 aromatic heterocycles. The lowest BCUT2D eigenvalue weighted by atomic mass is 9.88. The smallest absolute Gasteiger partial charge is 0.119 e. The summed E-state index contributed by atoms with van der Waals surface area (Å²) >= 11 is 0.